The van der Waals surface area contributed by atoms with Gasteiger partial charge in [0.2, 0.25) is 0 Å². The van der Waals surface area contributed by atoms with Gasteiger partial charge in [0.15, 0.2) is 0 Å². The second-order valence-electron chi connectivity index (χ2n) is 8.13. The molecule has 0 aromatic carbocycles. The van der Waals surface area contributed by atoms with Crippen molar-refractivity contribution in [2.45, 2.75) is 122 Å². The molecule has 2 atom stereocenters. The minimum Gasteiger partial charge on any atom is -0.373 e. The van der Waals surface area contributed by atoms with Gasteiger partial charge in [0.05, 0.1) is 12.7 Å². The van der Waals surface area contributed by atoms with E-state index in [1.165, 1.54) is 83.5 Å². The van der Waals surface area contributed by atoms with Gasteiger partial charge in [-0.2, -0.15) is 0 Å². The summed E-state index contributed by atoms with van der Waals surface area (Å²) in [6.07, 6.45) is 20.0. The summed E-state index contributed by atoms with van der Waals surface area (Å²) in [5.74, 6) is 0.611. The van der Waals surface area contributed by atoms with Crippen molar-refractivity contribution in [1.82, 2.24) is 0 Å². The zero-order valence-electron chi connectivity index (χ0n) is 16.0. The first-order valence-electron chi connectivity index (χ1n) is 10.3. The fourth-order valence-electron chi connectivity index (χ4n) is 3.49. The van der Waals surface area contributed by atoms with Crippen molar-refractivity contribution in [2.75, 3.05) is 6.61 Å². The number of hydrogen-bond acceptors (Lipinski definition) is 1. The third kappa shape index (κ3) is 12.3. The Balaban J connectivity index is 1.88. The maximum absolute atomic E-state index is 6.56. The van der Waals surface area contributed by atoms with Gasteiger partial charge in [0.1, 0.15) is 0 Å². The van der Waals surface area contributed by atoms with E-state index in [1.54, 1.807) is 0 Å². The molecular weight excluding hydrogens is 304 g/mol. The Bertz CT molecular complexity index is 268. The van der Waals surface area contributed by atoms with Crippen LogP contribution in [0.1, 0.15) is 111 Å². The van der Waals surface area contributed by atoms with Gasteiger partial charge in [-0.3, -0.25) is 0 Å². The van der Waals surface area contributed by atoms with Crippen LogP contribution in [0.3, 0.4) is 0 Å². The van der Waals surface area contributed by atoms with E-state index in [-0.39, 0.29) is 4.87 Å². The molecule has 2 heteroatoms. The maximum atomic E-state index is 6.56. The van der Waals surface area contributed by atoms with Gasteiger partial charge in [0, 0.05) is 4.87 Å². The zero-order valence-corrected chi connectivity index (χ0v) is 16.8. The second kappa shape index (κ2) is 12.6. The molecule has 0 radical (unpaired) electrons. The fraction of sp³-hybridized carbons (Fsp3) is 1.00. The van der Waals surface area contributed by atoms with Crippen LogP contribution in [0.15, 0.2) is 0 Å². The van der Waals surface area contributed by atoms with E-state index in [1.807, 2.05) is 0 Å². The number of epoxide rings is 1. The highest BCUT2D eigenvalue weighted by molar-refractivity contribution is 6.23. The molecule has 1 nitrogen and oxygen atoms in total. The number of ether oxygens (including phenoxy) is 1. The molecule has 0 bridgehead atoms. The molecule has 0 aromatic rings. The molecule has 1 heterocycles. The van der Waals surface area contributed by atoms with E-state index >= 15 is 0 Å². The molecule has 0 saturated carbocycles. The summed E-state index contributed by atoms with van der Waals surface area (Å²) >= 11 is 6.56. The van der Waals surface area contributed by atoms with Crippen molar-refractivity contribution in [2.24, 2.45) is 5.92 Å². The maximum Gasteiger partial charge on any atom is 0.0813 e. The number of unbranched alkanes of at least 4 members (excludes halogenated alkanes) is 11. The number of hydrogen-bond donors (Lipinski definition) is 0. The van der Waals surface area contributed by atoms with Crippen LogP contribution in [0, 0.1) is 5.92 Å². The van der Waals surface area contributed by atoms with E-state index in [9.17, 15) is 0 Å². The van der Waals surface area contributed by atoms with Crippen molar-refractivity contribution in [3.63, 3.8) is 0 Å². The van der Waals surface area contributed by atoms with Crippen LogP contribution in [0.5, 0.6) is 0 Å². The summed E-state index contributed by atoms with van der Waals surface area (Å²) in [5.41, 5.74) is 0. The Hall–Kier alpha value is 0.250. The number of alkyl halides is 1. The van der Waals surface area contributed by atoms with Gasteiger partial charge in [-0.15, -0.1) is 11.6 Å². The lowest BCUT2D eigenvalue weighted by atomic mass is 9.85. The Morgan fingerprint density at radius 2 is 1.30 bits per heavy atom. The molecule has 0 spiro atoms. The average molecular weight is 345 g/mol. The van der Waals surface area contributed by atoms with Crippen LogP contribution in [-0.2, 0) is 4.74 Å². The van der Waals surface area contributed by atoms with Crippen LogP contribution >= 0.6 is 11.6 Å². The van der Waals surface area contributed by atoms with Crippen molar-refractivity contribution in [1.29, 1.82) is 0 Å². The van der Waals surface area contributed by atoms with E-state index in [2.05, 4.69) is 20.8 Å². The van der Waals surface area contributed by atoms with Crippen LogP contribution in [-0.4, -0.2) is 17.6 Å². The molecule has 1 saturated heterocycles. The van der Waals surface area contributed by atoms with Gasteiger partial charge in [-0.25, -0.2) is 0 Å². The predicted octanol–water partition coefficient (Wildman–Crippen LogP) is 7.50. The Morgan fingerprint density at radius 1 is 0.870 bits per heavy atom. The predicted molar refractivity (Wildman–Crippen MR) is 103 cm³/mol. The molecule has 138 valence electrons. The average Bonchev–Trinajstić information content (AvgIpc) is 3.30. The molecule has 23 heavy (non-hydrogen) atoms. The zero-order chi connectivity index (χ0) is 17.0. The van der Waals surface area contributed by atoms with Gasteiger partial charge in [-0.05, 0) is 32.6 Å². The first-order valence-corrected chi connectivity index (χ1v) is 10.7. The Labute approximate surface area is 150 Å². The molecule has 0 aromatic heterocycles. The highest BCUT2D eigenvalue weighted by Crippen LogP contribution is 2.35. The van der Waals surface area contributed by atoms with Gasteiger partial charge < -0.3 is 4.74 Å². The lowest BCUT2D eigenvalue weighted by Crippen LogP contribution is -2.26. The molecule has 1 aliphatic heterocycles. The lowest BCUT2D eigenvalue weighted by molar-refractivity contribution is 0.295. The minimum atomic E-state index is -0.0796. The fourth-order valence-corrected chi connectivity index (χ4v) is 3.69. The smallest absolute Gasteiger partial charge is 0.0813 e. The van der Waals surface area contributed by atoms with E-state index in [0.717, 1.165) is 13.0 Å². The van der Waals surface area contributed by atoms with Crippen molar-refractivity contribution < 1.29 is 4.74 Å². The Morgan fingerprint density at radius 3 is 1.70 bits per heavy atom. The first kappa shape index (κ1) is 21.3. The normalized spacial score (nSPS) is 19.0. The molecule has 1 fully saturated rings. The molecule has 0 amide bonds. The van der Waals surface area contributed by atoms with Crippen LogP contribution in [0.4, 0.5) is 0 Å². The summed E-state index contributed by atoms with van der Waals surface area (Å²) in [6, 6.07) is 0. The SMILES string of the molecule is CCCCCCCCCCCCCCC(CC1CO1)C(C)(C)Cl. The number of halogens is 1. The molecule has 1 aliphatic rings. The second-order valence-corrected chi connectivity index (χ2v) is 9.10. The van der Waals surface area contributed by atoms with Crippen molar-refractivity contribution in [3.05, 3.63) is 0 Å². The third-order valence-corrected chi connectivity index (χ3v) is 5.64. The standard InChI is InChI=1S/C21H41ClO/c1-4-5-6-7-8-9-10-11-12-13-14-15-16-19(21(2,3)22)17-20-18-23-20/h19-20H,4-18H2,1-3H3. The first-order chi connectivity index (χ1) is 11.0. The molecule has 1 rings (SSSR count). The number of rotatable bonds is 16. The summed E-state index contributed by atoms with van der Waals surface area (Å²) in [7, 11) is 0. The van der Waals surface area contributed by atoms with E-state index < -0.39 is 0 Å². The summed E-state index contributed by atoms with van der Waals surface area (Å²) in [5, 5.41) is 0. The topological polar surface area (TPSA) is 12.5 Å². The summed E-state index contributed by atoms with van der Waals surface area (Å²) in [4.78, 5) is -0.0796. The van der Waals surface area contributed by atoms with E-state index in [0.29, 0.717) is 12.0 Å². The lowest BCUT2D eigenvalue weighted by Gasteiger charge is -2.28. The monoisotopic (exact) mass is 344 g/mol. The van der Waals surface area contributed by atoms with Gasteiger partial charge in [-0.1, -0.05) is 84.0 Å². The Kier molecular flexibility index (Phi) is 11.7. The minimum absolute atomic E-state index is 0.0796. The van der Waals surface area contributed by atoms with Gasteiger partial charge in [0.25, 0.3) is 0 Å². The van der Waals surface area contributed by atoms with Crippen LogP contribution in [0.2, 0.25) is 0 Å². The molecule has 2 unspecified atom stereocenters. The highest BCUT2D eigenvalue weighted by Gasteiger charge is 2.33. The molecular formula is C21H41ClO. The van der Waals surface area contributed by atoms with Gasteiger partial charge >= 0.3 is 0 Å². The van der Waals surface area contributed by atoms with Crippen molar-refractivity contribution >= 4 is 11.6 Å². The van der Waals surface area contributed by atoms with Crippen LogP contribution in [0.25, 0.3) is 0 Å². The molecule has 0 aliphatic carbocycles. The highest BCUT2D eigenvalue weighted by atomic mass is 35.5. The summed E-state index contributed by atoms with van der Waals surface area (Å²) < 4.78 is 5.39. The van der Waals surface area contributed by atoms with Crippen LogP contribution < -0.4 is 0 Å². The largest absolute Gasteiger partial charge is 0.373 e. The third-order valence-electron chi connectivity index (χ3n) is 5.33. The summed E-state index contributed by atoms with van der Waals surface area (Å²) in [6.45, 7) is 7.59. The van der Waals surface area contributed by atoms with Crippen molar-refractivity contribution in [3.8, 4) is 0 Å². The quantitative estimate of drug-likeness (QED) is 0.160. The molecule has 0 N–H and O–H groups in total. The van der Waals surface area contributed by atoms with E-state index in [4.69, 9.17) is 16.3 Å².